The molecule has 39 heavy (non-hydrogen) atoms. The minimum absolute atomic E-state index is 0.0867. The van der Waals surface area contributed by atoms with Gasteiger partial charge >= 0.3 is 11.9 Å². The van der Waals surface area contributed by atoms with Gasteiger partial charge in [0.25, 0.3) is 0 Å². The van der Waals surface area contributed by atoms with Crippen molar-refractivity contribution in [3.05, 3.63) is 48.6 Å². The van der Waals surface area contributed by atoms with Crippen molar-refractivity contribution in [2.45, 2.75) is 129 Å². The number of hydrogen-bond donors (Lipinski definition) is 3. The van der Waals surface area contributed by atoms with E-state index in [1.807, 2.05) is 6.08 Å². The fourth-order valence-corrected chi connectivity index (χ4v) is 3.92. The van der Waals surface area contributed by atoms with Crippen LogP contribution < -0.4 is 11.1 Å². The lowest BCUT2D eigenvalue weighted by Crippen LogP contribution is -2.40. The summed E-state index contributed by atoms with van der Waals surface area (Å²) in [5.74, 6) is -1.43. The fraction of sp³-hybridized carbons (Fsp3) is 0.656. The van der Waals surface area contributed by atoms with Crippen molar-refractivity contribution in [2.75, 3.05) is 6.54 Å². The second kappa shape index (κ2) is 26.9. The summed E-state index contributed by atoms with van der Waals surface area (Å²) < 4.78 is 5.75. The number of aliphatic carboxylic acids is 1. The summed E-state index contributed by atoms with van der Waals surface area (Å²) in [5.41, 5.74) is 5.43. The number of hydrogen-bond acceptors (Lipinski definition) is 5. The molecule has 0 rings (SSSR count). The molecule has 7 heteroatoms. The molecular weight excluding hydrogens is 492 g/mol. The van der Waals surface area contributed by atoms with Gasteiger partial charge in [-0.15, -0.1) is 0 Å². The van der Waals surface area contributed by atoms with E-state index >= 15 is 0 Å². The molecule has 0 aromatic carbocycles. The highest BCUT2D eigenvalue weighted by Crippen LogP contribution is 2.15. The first-order valence-corrected chi connectivity index (χ1v) is 15.0. The normalized spacial score (nSPS) is 13.5. The van der Waals surface area contributed by atoms with E-state index in [0.29, 0.717) is 45.1 Å². The summed E-state index contributed by atoms with van der Waals surface area (Å²) in [6.07, 6.45) is 29.2. The third-order valence-electron chi connectivity index (χ3n) is 6.17. The minimum atomic E-state index is -1.03. The van der Waals surface area contributed by atoms with E-state index in [-0.39, 0.29) is 18.0 Å². The summed E-state index contributed by atoms with van der Waals surface area (Å²) in [6.45, 7) is 4.65. The zero-order valence-electron chi connectivity index (χ0n) is 24.5. The number of carboxylic acids is 1. The Hall–Kier alpha value is -2.67. The van der Waals surface area contributed by atoms with Crippen LogP contribution in [-0.2, 0) is 19.1 Å². The molecule has 1 amide bonds. The Labute approximate surface area is 237 Å². The van der Waals surface area contributed by atoms with Crippen LogP contribution >= 0.6 is 0 Å². The molecule has 0 fully saturated rings. The fourth-order valence-electron chi connectivity index (χ4n) is 3.92. The predicted molar refractivity (Wildman–Crippen MR) is 160 cm³/mol. The van der Waals surface area contributed by atoms with Crippen molar-refractivity contribution < 1.29 is 24.2 Å². The summed E-state index contributed by atoms with van der Waals surface area (Å²) in [4.78, 5) is 35.7. The Morgan fingerprint density at radius 3 is 1.97 bits per heavy atom. The molecule has 2 unspecified atom stereocenters. The number of amides is 1. The molecule has 0 aromatic heterocycles. The molecule has 0 aromatic rings. The summed E-state index contributed by atoms with van der Waals surface area (Å²) >= 11 is 0. The first kappa shape index (κ1) is 36.3. The Morgan fingerprint density at radius 1 is 0.769 bits per heavy atom. The van der Waals surface area contributed by atoms with E-state index in [9.17, 15) is 19.5 Å². The second-order valence-corrected chi connectivity index (χ2v) is 9.78. The van der Waals surface area contributed by atoms with Crippen LogP contribution in [-0.4, -0.2) is 41.6 Å². The van der Waals surface area contributed by atoms with Crippen molar-refractivity contribution >= 4 is 17.8 Å². The number of carbonyl (C=O) groups excluding carboxylic acids is 2. The molecule has 222 valence electrons. The number of rotatable bonds is 25. The van der Waals surface area contributed by atoms with E-state index in [1.165, 1.54) is 0 Å². The Morgan fingerprint density at radius 2 is 1.38 bits per heavy atom. The number of carbonyl (C=O) groups is 3. The number of nitrogens with one attached hydrogen (secondary N) is 1. The monoisotopic (exact) mass is 546 g/mol. The molecule has 0 radical (unpaired) electrons. The Bertz CT molecular complexity index is 758. The molecule has 0 heterocycles. The van der Waals surface area contributed by atoms with Crippen LogP contribution in [0.5, 0.6) is 0 Å². The number of allylic oxidation sites excluding steroid dienone is 8. The van der Waals surface area contributed by atoms with E-state index < -0.39 is 12.0 Å². The maximum absolute atomic E-state index is 12.3. The molecule has 0 spiro atoms. The smallest absolute Gasteiger partial charge is 0.326 e. The average Bonchev–Trinajstić information content (AvgIpc) is 2.91. The summed E-state index contributed by atoms with van der Waals surface area (Å²) in [6, 6.07) is -0.879. The van der Waals surface area contributed by atoms with Crippen molar-refractivity contribution in [3.63, 3.8) is 0 Å². The third-order valence-corrected chi connectivity index (χ3v) is 6.17. The van der Waals surface area contributed by atoms with Gasteiger partial charge in [0, 0.05) is 12.8 Å². The average molecular weight is 547 g/mol. The third kappa shape index (κ3) is 24.1. The van der Waals surface area contributed by atoms with Crippen LogP contribution in [0.1, 0.15) is 117 Å². The molecule has 0 aliphatic carbocycles. The highest BCUT2D eigenvalue weighted by atomic mass is 16.5. The molecule has 0 aliphatic heterocycles. The molecular formula is C32H54N2O5. The maximum Gasteiger partial charge on any atom is 0.326 e. The molecule has 0 saturated heterocycles. The van der Waals surface area contributed by atoms with Gasteiger partial charge in [0.2, 0.25) is 5.91 Å². The van der Waals surface area contributed by atoms with Crippen LogP contribution in [0.4, 0.5) is 0 Å². The van der Waals surface area contributed by atoms with E-state index in [0.717, 1.165) is 64.2 Å². The maximum atomic E-state index is 12.3. The van der Waals surface area contributed by atoms with Gasteiger partial charge in [0.05, 0.1) is 0 Å². The number of esters is 1. The molecule has 2 atom stereocenters. The van der Waals surface area contributed by atoms with Gasteiger partial charge in [-0.25, -0.2) is 4.79 Å². The molecule has 0 bridgehead atoms. The topological polar surface area (TPSA) is 119 Å². The van der Waals surface area contributed by atoms with Gasteiger partial charge in [0.15, 0.2) is 0 Å². The lowest BCUT2D eigenvalue weighted by molar-refractivity contribution is -0.149. The van der Waals surface area contributed by atoms with Crippen LogP contribution in [0.15, 0.2) is 48.6 Å². The van der Waals surface area contributed by atoms with Crippen molar-refractivity contribution in [1.82, 2.24) is 5.32 Å². The first-order valence-electron chi connectivity index (χ1n) is 15.0. The van der Waals surface area contributed by atoms with Gasteiger partial charge in [-0.05, 0) is 77.2 Å². The Kier molecular flexibility index (Phi) is 25.1. The van der Waals surface area contributed by atoms with Crippen molar-refractivity contribution in [1.29, 1.82) is 0 Å². The van der Waals surface area contributed by atoms with E-state index in [4.69, 9.17) is 10.5 Å². The van der Waals surface area contributed by atoms with Crippen molar-refractivity contribution in [3.8, 4) is 0 Å². The van der Waals surface area contributed by atoms with Gasteiger partial charge in [0.1, 0.15) is 12.1 Å². The van der Waals surface area contributed by atoms with Crippen LogP contribution in [0.25, 0.3) is 0 Å². The zero-order chi connectivity index (χ0) is 29.0. The standard InChI is InChI=1S/C32H54N2O5/c1-3-5-7-8-9-10-11-12-13-14-15-16-20-26-31(36)39-28(22-6-4-2)23-18-17-19-25-30(35)34-29(32(37)38)24-21-27-33/h5,7,9-10,12-13,15-16,28-29H,3-4,6,8,11,14,17-27,33H2,1-2H3,(H,34,35)(H,37,38)/b7-5-,10-9-,13-12-,16-15-. The highest BCUT2D eigenvalue weighted by Gasteiger charge is 2.19. The lowest BCUT2D eigenvalue weighted by Gasteiger charge is -2.18. The number of unbranched alkanes of at least 4 members (excludes halogenated alkanes) is 3. The second-order valence-electron chi connectivity index (χ2n) is 9.78. The SMILES string of the molecule is CC/C=C\C/C=C\C/C=C\C/C=C\CCC(=O)OC(CCCC)CCCCCC(=O)NC(CCCN)C(=O)O. The lowest BCUT2D eigenvalue weighted by atomic mass is 10.0. The van der Waals surface area contributed by atoms with Crippen LogP contribution in [0.3, 0.4) is 0 Å². The van der Waals surface area contributed by atoms with E-state index in [1.54, 1.807) is 0 Å². The summed E-state index contributed by atoms with van der Waals surface area (Å²) in [7, 11) is 0. The molecule has 0 saturated carbocycles. The van der Waals surface area contributed by atoms with Gasteiger partial charge in [-0.3, -0.25) is 9.59 Å². The van der Waals surface area contributed by atoms with E-state index in [2.05, 4.69) is 61.7 Å². The zero-order valence-corrected chi connectivity index (χ0v) is 24.5. The number of carboxylic acid groups (broad SMARTS) is 1. The number of nitrogens with two attached hydrogens (primary N) is 1. The van der Waals surface area contributed by atoms with Gasteiger partial charge < -0.3 is 20.9 Å². The van der Waals surface area contributed by atoms with Gasteiger partial charge in [-0.2, -0.15) is 0 Å². The quantitative estimate of drug-likeness (QED) is 0.0649. The van der Waals surface area contributed by atoms with Crippen LogP contribution in [0, 0.1) is 0 Å². The molecule has 4 N–H and O–H groups in total. The largest absolute Gasteiger partial charge is 0.480 e. The minimum Gasteiger partial charge on any atom is -0.480 e. The molecule has 7 nitrogen and oxygen atoms in total. The molecule has 0 aliphatic rings. The van der Waals surface area contributed by atoms with Crippen LogP contribution in [0.2, 0.25) is 0 Å². The van der Waals surface area contributed by atoms with Gasteiger partial charge in [-0.1, -0.05) is 81.7 Å². The highest BCUT2D eigenvalue weighted by molar-refractivity contribution is 5.83. The summed E-state index contributed by atoms with van der Waals surface area (Å²) in [5, 5.41) is 11.8. The first-order chi connectivity index (χ1) is 18.9. The number of ether oxygens (including phenoxy) is 1. The Balaban J connectivity index is 4.15. The predicted octanol–water partition coefficient (Wildman–Crippen LogP) is 6.93. The van der Waals surface area contributed by atoms with Crippen molar-refractivity contribution in [2.24, 2.45) is 5.73 Å².